The highest BCUT2D eigenvalue weighted by atomic mass is 31.2. The minimum absolute atomic E-state index is 0.150. The van der Waals surface area contributed by atoms with Crippen LogP contribution in [0, 0.1) is 0 Å². The SMILES string of the molecule is CP(C)(=O)CP(C)(=O)OC[C@H]1O[C@@H](n2ccc(N)nc2=O)C(F)(F)[C@H]1O. The van der Waals surface area contributed by atoms with Gasteiger partial charge >= 0.3 is 11.6 Å². The molecule has 1 unspecified atom stereocenters. The number of nitrogens with zero attached hydrogens (tertiary/aromatic N) is 2. The van der Waals surface area contributed by atoms with Crippen molar-refractivity contribution in [2.75, 3.05) is 38.2 Å². The third-order valence-electron chi connectivity index (χ3n) is 3.59. The predicted molar refractivity (Wildman–Crippen MR) is 91.6 cm³/mol. The van der Waals surface area contributed by atoms with Crippen molar-refractivity contribution < 1.29 is 32.3 Å². The molecule has 3 N–H and O–H groups in total. The molecule has 0 amide bonds. The fraction of sp³-hybridized carbons (Fsp3) is 0.692. The van der Waals surface area contributed by atoms with Gasteiger partial charge < -0.3 is 24.7 Å². The van der Waals surface area contributed by atoms with E-state index in [1.165, 1.54) is 20.0 Å². The molecule has 4 atom stereocenters. The molecule has 2 heterocycles. The van der Waals surface area contributed by atoms with Gasteiger partial charge in [-0.2, -0.15) is 13.8 Å². The molecule has 1 aliphatic heterocycles. The van der Waals surface area contributed by atoms with Crippen LogP contribution in [0.4, 0.5) is 14.6 Å². The van der Waals surface area contributed by atoms with Crippen LogP contribution in [0.1, 0.15) is 6.23 Å². The fourth-order valence-corrected chi connectivity index (χ4v) is 8.34. The summed E-state index contributed by atoms with van der Waals surface area (Å²) >= 11 is 0. The Balaban J connectivity index is 2.17. The van der Waals surface area contributed by atoms with Crippen LogP contribution in [-0.4, -0.2) is 65.3 Å². The number of nitrogen functional groups attached to an aromatic ring is 1. The number of nitrogens with two attached hydrogens (primary N) is 1. The molecular weight excluding hydrogens is 394 g/mol. The Morgan fingerprint density at radius 1 is 1.42 bits per heavy atom. The van der Waals surface area contributed by atoms with Crippen molar-refractivity contribution in [3.8, 4) is 0 Å². The zero-order chi connectivity index (χ0) is 19.9. The van der Waals surface area contributed by atoms with E-state index in [9.17, 15) is 27.8 Å². The van der Waals surface area contributed by atoms with Crippen LogP contribution in [-0.2, 0) is 18.4 Å². The highest BCUT2D eigenvalue weighted by Crippen LogP contribution is 2.56. The summed E-state index contributed by atoms with van der Waals surface area (Å²) in [6, 6.07) is 1.14. The van der Waals surface area contributed by atoms with Crippen molar-refractivity contribution >= 4 is 20.3 Å². The van der Waals surface area contributed by atoms with Gasteiger partial charge in [0.2, 0.25) is 13.6 Å². The minimum atomic E-state index is -3.82. The summed E-state index contributed by atoms with van der Waals surface area (Å²) in [5, 5.41) is 9.86. The Bertz CT molecular complexity index is 826. The minimum Gasteiger partial charge on any atom is -0.384 e. The lowest BCUT2D eigenvalue weighted by Crippen LogP contribution is -2.41. The molecule has 1 fully saturated rings. The standard InChI is InChI=1S/C13H21F2N3O6P2/c1-25(2,21)7-26(3,22)23-6-8-10(19)13(14,15)11(24-8)18-5-4-9(16)17-12(18)20/h4-5,8,10-11,19H,6-7H2,1-3H3,(H2,16,17,20)/t8-,10+,11-,26?/m1/s1. The highest BCUT2D eigenvalue weighted by molar-refractivity contribution is 7.77. The van der Waals surface area contributed by atoms with Gasteiger partial charge in [0.1, 0.15) is 11.9 Å². The normalized spacial score (nSPS) is 28.0. The first-order valence-corrected chi connectivity index (χ1v) is 12.6. The molecule has 2 rings (SSSR count). The lowest BCUT2D eigenvalue weighted by molar-refractivity contribution is -0.140. The van der Waals surface area contributed by atoms with Gasteiger partial charge in [0.25, 0.3) is 0 Å². The number of hydrogen-bond donors (Lipinski definition) is 2. The van der Waals surface area contributed by atoms with Crippen LogP contribution in [0.5, 0.6) is 0 Å². The number of halogens is 2. The van der Waals surface area contributed by atoms with Gasteiger partial charge in [-0.3, -0.25) is 9.13 Å². The Labute approximate surface area is 148 Å². The fourth-order valence-electron chi connectivity index (χ4n) is 2.60. The average molecular weight is 415 g/mol. The van der Waals surface area contributed by atoms with E-state index in [1.54, 1.807) is 0 Å². The molecule has 0 spiro atoms. The quantitative estimate of drug-likeness (QED) is 0.663. The number of aliphatic hydroxyl groups is 1. The van der Waals surface area contributed by atoms with Crippen LogP contribution >= 0.6 is 14.5 Å². The number of ether oxygens (including phenoxy) is 1. The zero-order valence-corrected chi connectivity index (χ0v) is 16.2. The molecule has 26 heavy (non-hydrogen) atoms. The third kappa shape index (κ3) is 4.78. The molecule has 13 heteroatoms. The van der Waals surface area contributed by atoms with Crippen molar-refractivity contribution in [3.63, 3.8) is 0 Å². The Morgan fingerprint density at radius 3 is 2.58 bits per heavy atom. The molecule has 9 nitrogen and oxygen atoms in total. The summed E-state index contributed by atoms with van der Waals surface area (Å²) in [6.07, 6.45) is -4.98. The monoisotopic (exact) mass is 415 g/mol. The zero-order valence-electron chi connectivity index (χ0n) is 14.4. The van der Waals surface area contributed by atoms with Crippen LogP contribution in [0.2, 0.25) is 0 Å². The lowest BCUT2D eigenvalue weighted by atomic mass is 10.1. The van der Waals surface area contributed by atoms with Crippen LogP contribution in [0.25, 0.3) is 0 Å². The van der Waals surface area contributed by atoms with Gasteiger partial charge in [0.05, 0.1) is 19.7 Å². The average Bonchev–Trinajstić information content (AvgIpc) is 2.66. The predicted octanol–water partition coefficient (Wildman–Crippen LogP) is 1.22. The lowest BCUT2D eigenvalue weighted by Gasteiger charge is -2.21. The molecule has 1 aromatic heterocycles. The van der Waals surface area contributed by atoms with Crippen molar-refractivity contribution in [2.45, 2.75) is 24.4 Å². The molecule has 1 aliphatic rings. The van der Waals surface area contributed by atoms with E-state index in [0.717, 1.165) is 12.3 Å². The van der Waals surface area contributed by atoms with E-state index in [1.807, 2.05) is 0 Å². The first-order valence-electron chi connectivity index (χ1n) is 7.54. The molecule has 0 aliphatic carbocycles. The van der Waals surface area contributed by atoms with Gasteiger partial charge in [0, 0.05) is 12.9 Å². The van der Waals surface area contributed by atoms with E-state index in [0.29, 0.717) is 4.57 Å². The van der Waals surface area contributed by atoms with Crippen molar-refractivity contribution in [3.05, 3.63) is 22.7 Å². The van der Waals surface area contributed by atoms with Crippen molar-refractivity contribution in [1.82, 2.24) is 9.55 Å². The van der Waals surface area contributed by atoms with Gasteiger partial charge in [0.15, 0.2) is 6.10 Å². The maximum absolute atomic E-state index is 14.3. The van der Waals surface area contributed by atoms with Crippen molar-refractivity contribution in [2.24, 2.45) is 0 Å². The summed E-state index contributed by atoms with van der Waals surface area (Å²) in [6.45, 7) is 3.48. The second kappa shape index (κ2) is 7.13. The molecular formula is C13H21F2N3O6P2. The van der Waals surface area contributed by atoms with Crippen LogP contribution in [0.15, 0.2) is 17.1 Å². The first kappa shape index (κ1) is 21.2. The van der Waals surface area contributed by atoms with E-state index in [4.69, 9.17) is 15.0 Å². The number of alkyl halides is 2. The molecule has 0 aromatic carbocycles. The maximum Gasteiger partial charge on any atom is 0.351 e. The summed E-state index contributed by atoms with van der Waals surface area (Å²) in [4.78, 5) is 15.1. The van der Waals surface area contributed by atoms with E-state index in [-0.39, 0.29) is 11.7 Å². The van der Waals surface area contributed by atoms with Gasteiger partial charge in [-0.15, -0.1) is 0 Å². The van der Waals surface area contributed by atoms with Gasteiger partial charge in [-0.1, -0.05) is 0 Å². The van der Waals surface area contributed by atoms with E-state index < -0.39 is 51.2 Å². The maximum atomic E-state index is 14.3. The molecule has 1 aromatic rings. The first-order chi connectivity index (χ1) is 11.7. The van der Waals surface area contributed by atoms with Gasteiger partial charge in [-0.05, 0) is 19.4 Å². The summed E-state index contributed by atoms with van der Waals surface area (Å²) in [5.74, 6) is -4.18. The summed E-state index contributed by atoms with van der Waals surface area (Å²) in [7, 11) is -6.00. The summed E-state index contributed by atoms with van der Waals surface area (Å²) in [5.41, 5.74) is 4.25. The van der Waals surface area contributed by atoms with Crippen LogP contribution in [0.3, 0.4) is 0 Å². The van der Waals surface area contributed by atoms with Gasteiger partial charge in [-0.25, -0.2) is 4.79 Å². The topological polar surface area (TPSA) is 134 Å². The molecule has 1 saturated heterocycles. The van der Waals surface area contributed by atoms with Crippen molar-refractivity contribution in [1.29, 1.82) is 0 Å². The number of aromatic nitrogens is 2. The Kier molecular flexibility index (Phi) is 5.81. The Morgan fingerprint density at radius 2 is 2.04 bits per heavy atom. The molecule has 0 radical (unpaired) electrons. The summed E-state index contributed by atoms with van der Waals surface area (Å²) < 4.78 is 63.5. The second-order valence-corrected chi connectivity index (χ2v) is 13.3. The number of hydrogen-bond acceptors (Lipinski definition) is 8. The van der Waals surface area contributed by atoms with Crippen LogP contribution < -0.4 is 11.4 Å². The molecule has 0 bridgehead atoms. The number of rotatable bonds is 6. The highest BCUT2D eigenvalue weighted by Gasteiger charge is 2.60. The smallest absolute Gasteiger partial charge is 0.351 e. The van der Waals surface area contributed by atoms with E-state index in [2.05, 4.69) is 4.98 Å². The third-order valence-corrected chi connectivity index (χ3v) is 9.07. The largest absolute Gasteiger partial charge is 0.384 e. The Hall–Kier alpha value is -1.12. The second-order valence-electron chi connectivity index (χ2n) is 6.71. The molecule has 0 saturated carbocycles. The van der Waals surface area contributed by atoms with E-state index >= 15 is 0 Å². The number of anilines is 1. The number of aliphatic hydroxyl groups excluding tert-OH is 1. The molecule has 148 valence electrons.